The van der Waals surface area contributed by atoms with Crippen molar-refractivity contribution >= 4 is 10.0 Å². The summed E-state index contributed by atoms with van der Waals surface area (Å²) in [6.07, 6.45) is 0. The molecule has 0 atom stereocenters. The Kier molecular flexibility index (Phi) is 2.07. The van der Waals surface area contributed by atoms with Crippen LogP contribution in [0.5, 0.6) is 5.88 Å². The van der Waals surface area contributed by atoms with Gasteiger partial charge in [-0.1, -0.05) is 0 Å². The van der Waals surface area contributed by atoms with Crippen molar-refractivity contribution in [2.75, 3.05) is 7.11 Å². The number of hydrogen-bond acceptors (Lipinski definition) is 4. The molecular formula is C5H9N3O3S. The van der Waals surface area contributed by atoms with Gasteiger partial charge in [0.15, 0.2) is 5.03 Å². The van der Waals surface area contributed by atoms with Crippen LogP contribution in [0.1, 0.15) is 0 Å². The molecule has 1 heterocycles. The summed E-state index contributed by atoms with van der Waals surface area (Å²) in [6.45, 7) is 0. The Morgan fingerprint density at radius 3 is 2.50 bits per heavy atom. The lowest BCUT2D eigenvalue weighted by Gasteiger charge is -1.95. The minimum absolute atomic E-state index is 0.193. The van der Waals surface area contributed by atoms with E-state index in [1.54, 1.807) is 7.05 Å². The number of nitrogens with zero attached hydrogens (tertiary/aromatic N) is 2. The second-order valence-corrected chi connectivity index (χ2v) is 3.70. The molecule has 0 aliphatic carbocycles. The summed E-state index contributed by atoms with van der Waals surface area (Å²) in [5.74, 6) is 0.346. The number of aromatic nitrogens is 2. The van der Waals surface area contributed by atoms with Gasteiger partial charge in [-0.2, -0.15) is 5.10 Å². The second kappa shape index (κ2) is 2.76. The van der Waals surface area contributed by atoms with Crippen LogP contribution < -0.4 is 9.88 Å². The van der Waals surface area contributed by atoms with Crippen LogP contribution in [0.3, 0.4) is 0 Å². The molecule has 2 N–H and O–H groups in total. The fourth-order valence-corrected chi connectivity index (χ4v) is 1.26. The van der Waals surface area contributed by atoms with Crippen LogP contribution in [0.25, 0.3) is 0 Å². The van der Waals surface area contributed by atoms with Crippen LogP contribution in [-0.4, -0.2) is 25.3 Å². The molecule has 0 unspecified atom stereocenters. The number of primary sulfonamides is 1. The molecule has 1 aromatic heterocycles. The molecule has 0 aliphatic rings. The Hall–Kier alpha value is -1.08. The molecule has 0 saturated heterocycles. The van der Waals surface area contributed by atoms with E-state index >= 15 is 0 Å². The zero-order valence-electron chi connectivity index (χ0n) is 6.68. The smallest absolute Gasteiger partial charge is 0.257 e. The quantitative estimate of drug-likeness (QED) is 0.654. The Morgan fingerprint density at radius 2 is 2.25 bits per heavy atom. The number of nitrogens with two attached hydrogens (primary N) is 1. The fraction of sp³-hybridized carbons (Fsp3) is 0.400. The van der Waals surface area contributed by atoms with E-state index in [0.29, 0.717) is 5.88 Å². The molecule has 0 aromatic carbocycles. The maximum atomic E-state index is 10.8. The zero-order chi connectivity index (χ0) is 9.35. The normalized spacial score (nSPS) is 11.6. The first-order valence-corrected chi connectivity index (χ1v) is 4.60. The molecule has 68 valence electrons. The minimum atomic E-state index is -3.73. The van der Waals surface area contributed by atoms with Crippen molar-refractivity contribution in [2.45, 2.75) is 5.03 Å². The average Bonchev–Trinajstić information content (AvgIpc) is 2.29. The Morgan fingerprint density at radius 1 is 1.67 bits per heavy atom. The van der Waals surface area contributed by atoms with Crippen LogP contribution in [-0.2, 0) is 17.1 Å². The van der Waals surface area contributed by atoms with Gasteiger partial charge in [0.05, 0.1) is 7.11 Å². The summed E-state index contributed by atoms with van der Waals surface area (Å²) in [4.78, 5) is 0. The van der Waals surface area contributed by atoms with Crippen LogP contribution in [0.4, 0.5) is 0 Å². The van der Waals surface area contributed by atoms with E-state index < -0.39 is 10.0 Å². The summed E-state index contributed by atoms with van der Waals surface area (Å²) in [5, 5.41) is 8.27. The molecule has 6 nitrogen and oxygen atoms in total. The third kappa shape index (κ3) is 1.56. The van der Waals surface area contributed by atoms with Gasteiger partial charge in [0, 0.05) is 13.1 Å². The van der Waals surface area contributed by atoms with Crippen LogP contribution in [0.15, 0.2) is 11.1 Å². The molecule has 0 spiro atoms. The van der Waals surface area contributed by atoms with Gasteiger partial charge in [-0.25, -0.2) is 18.2 Å². The van der Waals surface area contributed by atoms with E-state index in [1.807, 2.05) is 0 Å². The highest BCUT2D eigenvalue weighted by Gasteiger charge is 2.14. The summed E-state index contributed by atoms with van der Waals surface area (Å²) in [5.41, 5.74) is 0. The molecule has 0 radical (unpaired) electrons. The molecule has 0 fully saturated rings. The summed E-state index contributed by atoms with van der Waals surface area (Å²) in [7, 11) is -0.743. The number of methoxy groups -OCH3 is 1. The van der Waals surface area contributed by atoms with Gasteiger partial charge in [-0.15, -0.1) is 0 Å². The number of hydrogen-bond donors (Lipinski definition) is 1. The monoisotopic (exact) mass is 191 g/mol. The van der Waals surface area contributed by atoms with E-state index in [9.17, 15) is 8.42 Å². The Bertz CT molecular complexity index is 381. The molecule has 0 saturated carbocycles. The number of sulfonamides is 1. The topological polar surface area (TPSA) is 87.2 Å². The highest BCUT2D eigenvalue weighted by Crippen LogP contribution is 2.13. The molecule has 1 aromatic rings. The number of aryl methyl sites for hydroxylation is 1. The van der Waals surface area contributed by atoms with Crippen molar-refractivity contribution in [3.05, 3.63) is 6.07 Å². The predicted octanol–water partition coefficient (Wildman–Crippen LogP) is -0.924. The second-order valence-electron chi connectivity index (χ2n) is 2.19. The molecule has 0 aliphatic heterocycles. The summed E-state index contributed by atoms with van der Waals surface area (Å²) in [6, 6.07) is 1.26. The van der Waals surface area contributed by atoms with Gasteiger partial charge < -0.3 is 4.74 Å². The van der Waals surface area contributed by atoms with Crippen molar-refractivity contribution in [3.63, 3.8) is 0 Å². The predicted molar refractivity (Wildman–Crippen MR) is 41.1 cm³/mol. The highest BCUT2D eigenvalue weighted by molar-refractivity contribution is 7.89. The molecule has 0 bridgehead atoms. The molecule has 12 heavy (non-hydrogen) atoms. The van der Waals surface area contributed by atoms with E-state index in [4.69, 9.17) is 9.88 Å². The lowest BCUT2D eigenvalue weighted by Crippen LogP contribution is -2.13. The van der Waals surface area contributed by atoms with Crippen molar-refractivity contribution in [3.8, 4) is 5.88 Å². The van der Waals surface area contributed by atoms with Crippen molar-refractivity contribution < 1.29 is 13.2 Å². The van der Waals surface area contributed by atoms with Gasteiger partial charge in [0.1, 0.15) is 0 Å². The largest absolute Gasteiger partial charge is 0.481 e. The van der Waals surface area contributed by atoms with Crippen LogP contribution in [0.2, 0.25) is 0 Å². The molecule has 1 rings (SSSR count). The van der Waals surface area contributed by atoms with Crippen molar-refractivity contribution in [2.24, 2.45) is 12.2 Å². The van der Waals surface area contributed by atoms with Gasteiger partial charge in [0.2, 0.25) is 5.88 Å². The molecule has 0 amide bonds. The van der Waals surface area contributed by atoms with Gasteiger partial charge in [0.25, 0.3) is 10.0 Å². The third-order valence-corrected chi connectivity index (χ3v) is 2.10. The van der Waals surface area contributed by atoms with Gasteiger partial charge in [-0.05, 0) is 0 Å². The van der Waals surface area contributed by atoms with Gasteiger partial charge in [-0.3, -0.25) is 0 Å². The summed E-state index contributed by atoms with van der Waals surface area (Å²) >= 11 is 0. The lowest BCUT2D eigenvalue weighted by molar-refractivity contribution is 0.373. The fourth-order valence-electron chi connectivity index (χ4n) is 0.755. The van der Waals surface area contributed by atoms with E-state index in [1.165, 1.54) is 17.9 Å². The van der Waals surface area contributed by atoms with Crippen molar-refractivity contribution in [1.29, 1.82) is 0 Å². The number of ether oxygens (including phenoxy) is 1. The van der Waals surface area contributed by atoms with Crippen molar-refractivity contribution in [1.82, 2.24) is 9.78 Å². The third-order valence-electron chi connectivity index (χ3n) is 1.32. The Labute approximate surface area is 70.0 Å². The van der Waals surface area contributed by atoms with E-state index in [-0.39, 0.29) is 5.03 Å². The first kappa shape index (κ1) is 9.01. The van der Waals surface area contributed by atoms with Crippen LogP contribution >= 0.6 is 0 Å². The average molecular weight is 191 g/mol. The first-order valence-electron chi connectivity index (χ1n) is 3.06. The zero-order valence-corrected chi connectivity index (χ0v) is 7.50. The lowest BCUT2D eigenvalue weighted by atomic mass is 10.7. The first-order chi connectivity index (χ1) is 5.45. The maximum absolute atomic E-state index is 10.8. The van der Waals surface area contributed by atoms with E-state index in [0.717, 1.165) is 0 Å². The Balaban J connectivity index is 3.23. The summed E-state index contributed by atoms with van der Waals surface area (Å²) < 4.78 is 27.6. The van der Waals surface area contributed by atoms with Crippen LogP contribution in [0, 0.1) is 0 Å². The SMILES string of the molecule is COc1cc(S(N)(=O)=O)nn1C. The molecular weight excluding hydrogens is 182 g/mol. The highest BCUT2D eigenvalue weighted by atomic mass is 32.2. The minimum Gasteiger partial charge on any atom is -0.481 e. The number of rotatable bonds is 2. The van der Waals surface area contributed by atoms with E-state index in [2.05, 4.69) is 5.10 Å². The standard InChI is InChI=1S/C5H9N3O3S/c1-8-5(11-2)3-4(7-8)12(6,9)10/h3H,1-2H3,(H2,6,9,10). The molecule has 7 heteroatoms. The van der Waals surface area contributed by atoms with Gasteiger partial charge >= 0.3 is 0 Å². The maximum Gasteiger partial charge on any atom is 0.257 e.